The Morgan fingerprint density at radius 3 is 2.80 bits per heavy atom. The molecule has 3 aliphatic carbocycles. The molecule has 20 heavy (non-hydrogen) atoms. The molecule has 3 aliphatic rings. The normalized spacial score (nSPS) is 37.8. The van der Waals surface area contributed by atoms with Gasteiger partial charge in [-0.15, -0.1) is 11.3 Å². The molecule has 3 saturated carbocycles. The van der Waals surface area contributed by atoms with E-state index in [0.29, 0.717) is 0 Å². The van der Waals surface area contributed by atoms with Crippen molar-refractivity contribution in [3.63, 3.8) is 0 Å². The summed E-state index contributed by atoms with van der Waals surface area (Å²) in [4.78, 5) is 5.83. The van der Waals surface area contributed by atoms with Crippen LogP contribution in [0.25, 0.3) is 4.96 Å². The number of rotatable bonds is 3. The maximum atomic E-state index is 4.69. The summed E-state index contributed by atoms with van der Waals surface area (Å²) in [6.07, 6.45) is 4.54. The van der Waals surface area contributed by atoms with E-state index in [-0.39, 0.29) is 0 Å². The third-order valence-corrected chi connectivity index (χ3v) is 7.01. The minimum Gasteiger partial charge on any atom is -0.308 e. The van der Waals surface area contributed by atoms with Crippen molar-refractivity contribution in [2.75, 3.05) is 0 Å². The molecule has 4 unspecified atom stereocenters. The van der Waals surface area contributed by atoms with Crippen LogP contribution in [0.3, 0.4) is 0 Å². The predicted octanol–water partition coefficient (Wildman–Crippen LogP) is 3.15. The van der Waals surface area contributed by atoms with Crippen LogP contribution in [0.5, 0.6) is 0 Å². The highest BCUT2D eigenvalue weighted by molar-refractivity contribution is 7.15. The standard InChI is InChI=1S/C16H21N3S/c1-8-7-20-16-18-9(2)12(19(8)16)6-17-15-13-10-3-4-11(5-10)14(13)15/h7,10-11,13-15,17H,3-6H2,1-2H3. The van der Waals surface area contributed by atoms with Gasteiger partial charge in [-0.1, -0.05) is 0 Å². The fourth-order valence-electron chi connectivity index (χ4n) is 5.19. The van der Waals surface area contributed by atoms with E-state index in [1.165, 1.54) is 36.3 Å². The highest BCUT2D eigenvalue weighted by Crippen LogP contribution is 2.65. The molecule has 2 heterocycles. The summed E-state index contributed by atoms with van der Waals surface area (Å²) in [7, 11) is 0. The molecule has 0 aliphatic heterocycles. The summed E-state index contributed by atoms with van der Waals surface area (Å²) < 4.78 is 2.33. The predicted molar refractivity (Wildman–Crippen MR) is 81.0 cm³/mol. The lowest BCUT2D eigenvalue weighted by Crippen LogP contribution is -2.23. The first-order valence-electron chi connectivity index (χ1n) is 7.89. The van der Waals surface area contributed by atoms with Gasteiger partial charge in [-0.3, -0.25) is 4.40 Å². The Kier molecular flexibility index (Phi) is 2.27. The number of nitrogens with one attached hydrogen (secondary N) is 1. The first kappa shape index (κ1) is 11.8. The van der Waals surface area contributed by atoms with Gasteiger partial charge in [-0.2, -0.15) is 0 Å². The average Bonchev–Trinajstić information content (AvgIpc) is 2.84. The number of nitrogens with zero attached hydrogens (tertiary/aromatic N) is 2. The number of aromatic nitrogens is 2. The summed E-state index contributed by atoms with van der Waals surface area (Å²) in [5, 5.41) is 6.06. The Morgan fingerprint density at radius 2 is 2.05 bits per heavy atom. The van der Waals surface area contributed by atoms with Gasteiger partial charge in [0.2, 0.25) is 0 Å². The van der Waals surface area contributed by atoms with Crippen molar-refractivity contribution in [1.82, 2.24) is 14.7 Å². The second kappa shape index (κ2) is 3.86. The highest BCUT2D eigenvalue weighted by Gasteiger charge is 2.64. The molecular weight excluding hydrogens is 266 g/mol. The van der Waals surface area contributed by atoms with Gasteiger partial charge in [0.15, 0.2) is 4.96 Å². The van der Waals surface area contributed by atoms with E-state index >= 15 is 0 Å². The number of thiazole rings is 1. The maximum Gasteiger partial charge on any atom is 0.194 e. The van der Waals surface area contributed by atoms with Crippen LogP contribution in [0, 0.1) is 37.5 Å². The van der Waals surface area contributed by atoms with Crippen molar-refractivity contribution in [2.24, 2.45) is 23.7 Å². The van der Waals surface area contributed by atoms with Crippen molar-refractivity contribution < 1.29 is 0 Å². The van der Waals surface area contributed by atoms with Crippen molar-refractivity contribution in [3.8, 4) is 0 Å². The molecule has 2 aromatic rings. The second-order valence-electron chi connectivity index (χ2n) is 7.03. The minimum atomic E-state index is 0.810. The van der Waals surface area contributed by atoms with Crippen LogP contribution in [0.2, 0.25) is 0 Å². The van der Waals surface area contributed by atoms with Crippen molar-refractivity contribution in [2.45, 2.75) is 45.7 Å². The number of hydrogen-bond donors (Lipinski definition) is 1. The molecule has 0 radical (unpaired) electrons. The minimum absolute atomic E-state index is 0.810. The fourth-order valence-corrected chi connectivity index (χ4v) is 6.12. The lowest BCUT2D eigenvalue weighted by atomic mass is 10.0. The molecule has 106 valence electrons. The smallest absolute Gasteiger partial charge is 0.194 e. The summed E-state index contributed by atoms with van der Waals surface area (Å²) in [5.74, 6) is 4.14. The molecule has 3 fully saturated rings. The lowest BCUT2D eigenvalue weighted by molar-refractivity contribution is 0.456. The molecule has 2 bridgehead atoms. The highest BCUT2D eigenvalue weighted by atomic mass is 32.1. The molecule has 4 atom stereocenters. The molecule has 3 nitrogen and oxygen atoms in total. The zero-order valence-corrected chi connectivity index (χ0v) is 12.9. The third kappa shape index (κ3) is 1.41. The Labute approximate surface area is 123 Å². The molecule has 0 aromatic carbocycles. The zero-order chi connectivity index (χ0) is 13.4. The monoisotopic (exact) mass is 287 g/mol. The van der Waals surface area contributed by atoms with Gasteiger partial charge in [-0.05, 0) is 56.8 Å². The van der Waals surface area contributed by atoms with E-state index < -0.39 is 0 Å². The topological polar surface area (TPSA) is 29.3 Å². The van der Waals surface area contributed by atoms with Gasteiger partial charge >= 0.3 is 0 Å². The van der Waals surface area contributed by atoms with Crippen molar-refractivity contribution in [1.29, 1.82) is 0 Å². The number of imidazole rings is 1. The fraction of sp³-hybridized carbons (Fsp3) is 0.688. The van der Waals surface area contributed by atoms with Gasteiger partial charge in [0.25, 0.3) is 0 Å². The van der Waals surface area contributed by atoms with Gasteiger partial charge in [0, 0.05) is 23.7 Å². The molecule has 0 amide bonds. The van der Waals surface area contributed by atoms with Crippen LogP contribution >= 0.6 is 11.3 Å². The van der Waals surface area contributed by atoms with E-state index in [1.807, 2.05) is 0 Å². The van der Waals surface area contributed by atoms with Crippen LogP contribution in [0.1, 0.15) is 36.3 Å². The molecule has 0 spiro atoms. The van der Waals surface area contributed by atoms with Gasteiger partial charge in [-0.25, -0.2) is 4.98 Å². The van der Waals surface area contributed by atoms with Crippen LogP contribution in [-0.2, 0) is 6.54 Å². The first-order valence-corrected chi connectivity index (χ1v) is 8.77. The van der Waals surface area contributed by atoms with E-state index in [2.05, 4.69) is 33.9 Å². The largest absolute Gasteiger partial charge is 0.308 e. The molecular formula is C16H21N3S. The van der Waals surface area contributed by atoms with Crippen LogP contribution in [0.15, 0.2) is 5.38 Å². The average molecular weight is 287 g/mol. The Balaban J connectivity index is 1.37. The summed E-state index contributed by atoms with van der Waals surface area (Å²) in [6, 6.07) is 0.810. The SMILES string of the molecule is Cc1nc2scc(C)n2c1CNC1C2C3CCC(C3)C12. The molecule has 4 heteroatoms. The molecule has 5 rings (SSSR count). The lowest BCUT2D eigenvalue weighted by Gasteiger charge is -2.11. The first-order chi connectivity index (χ1) is 9.74. The third-order valence-electron chi connectivity index (χ3n) is 6.07. The summed E-state index contributed by atoms with van der Waals surface area (Å²) >= 11 is 1.75. The van der Waals surface area contributed by atoms with E-state index in [1.54, 1.807) is 11.3 Å². The number of hydrogen-bond acceptors (Lipinski definition) is 3. The zero-order valence-electron chi connectivity index (χ0n) is 12.1. The quantitative estimate of drug-likeness (QED) is 0.939. The number of fused-ring (bicyclic) bond motifs is 6. The Morgan fingerprint density at radius 1 is 1.30 bits per heavy atom. The van der Waals surface area contributed by atoms with Gasteiger partial charge in [0.1, 0.15) is 0 Å². The van der Waals surface area contributed by atoms with Gasteiger partial charge < -0.3 is 5.32 Å². The summed E-state index contributed by atoms with van der Waals surface area (Å²) in [6.45, 7) is 5.31. The van der Waals surface area contributed by atoms with E-state index in [0.717, 1.165) is 41.2 Å². The van der Waals surface area contributed by atoms with Crippen LogP contribution in [0.4, 0.5) is 0 Å². The van der Waals surface area contributed by atoms with Crippen molar-refractivity contribution in [3.05, 3.63) is 22.5 Å². The summed E-state index contributed by atoms with van der Waals surface area (Å²) in [5.41, 5.74) is 3.88. The second-order valence-corrected chi connectivity index (χ2v) is 7.87. The Hall–Kier alpha value is -0.870. The van der Waals surface area contributed by atoms with Crippen LogP contribution in [-0.4, -0.2) is 15.4 Å². The van der Waals surface area contributed by atoms with E-state index in [9.17, 15) is 0 Å². The molecule has 1 N–H and O–H groups in total. The Bertz CT molecular complexity index is 669. The van der Waals surface area contributed by atoms with E-state index in [4.69, 9.17) is 0 Å². The molecule has 2 aromatic heterocycles. The van der Waals surface area contributed by atoms with Gasteiger partial charge in [0.05, 0.1) is 11.4 Å². The maximum absolute atomic E-state index is 4.69. The number of aryl methyl sites for hydroxylation is 2. The van der Waals surface area contributed by atoms with Crippen LogP contribution < -0.4 is 5.32 Å². The molecule has 0 saturated heterocycles. The van der Waals surface area contributed by atoms with Crippen molar-refractivity contribution >= 4 is 16.3 Å².